The third kappa shape index (κ3) is 4.11. The zero-order chi connectivity index (χ0) is 18.9. The van der Waals surface area contributed by atoms with Crippen molar-refractivity contribution in [1.82, 2.24) is 4.90 Å². The zero-order valence-electron chi connectivity index (χ0n) is 14.5. The van der Waals surface area contributed by atoms with Gasteiger partial charge in [-0.25, -0.2) is 8.42 Å². The van der Waals surface area contributed by atoms with E-state index in [9.17, 15) is 13.2 Å². The van der Waals surface area contributed by atoms with Crippen LogP contribution >= 0.6 is 11.6 Å². The molecule has 0 spiro atoms. The molecule has 1 aromatic heterocycles. The fraction of sp³-hybridized carbons (Fsp3) is 0.278. The normalized spacial score (nSPS) is 15.3. The molecule has 3 rings (SSSR count). The maximum atomic E-state index is 13.1. The van der Waals surface area contributed by atoms with Crippen molar-refractivity contribution in [3.8, 4) is 0 Å². The molecule has 1 amide bonds. The highest BCUT2D eigenvalue weighted by molar-refractivity contribution is 7.92. The Morgan fingerprint density at radius 1 is 1.31 bits per heavy atom. The Kier molecular flexibility index (Phi) is 5.11. The van der Waals surface area contributed by atoms with Gasteiger partial charge >= 0.3 is 0 Å². The molecule has 1 aromatic carbocycles. The number of nitrogens with one attached hydrogen (secondary N) is 1. The lowest BCUT2D eigenvalue weighted by Crippen LogP contribution is -2.37. The molecule has 0 fully saturated rings. The second-order valence-corrected chi connectivity index (χ2v) is 8.46. The first-order valence-corrected chi connectivity index (χ1v) is 10.3. The molecule has 6 nitrogen and oxygen atoms in total. The highest BCUT2D eigenvalue weighted by Gasteiger charge is 2.26. The van der Waals surface area contributed by atoms with Crippen LogP contribution in [0.2, 0.25) is 5.02 Å². The molecular formula is C18H19ClN2O4S. The topological polar surface area (TPSA) is 79.6 Å². The van der Waals surface area contributed by atoms with Gasteiger partial charge in [0.15, 0.2) is 0 Å². The third-order valence-corrected chi connectivity index (χ3v) is 5.06. The number of sulfonamides is 1. The summed E-state index contributed by atoms with van der Waals surface area (Å²) in [5, 5.41) is 0.363. The number of benzene rings is 1. The van der Waals surface area contributed by atoms with E-state index in [1.807, 2.05) is 19.1 Å². The van der Waals surface area contributed by atoms with Crippen LogP contribution in [0.3, 0.4) is 0 Å². The molecule has 138 valence electrons. The number of carbonyl (C=O) groups excluding carboxylic acids is 1. The quantitative estimate of drug-likeness (QED) is 0.858. The van der Waals surface area contributed by atoms with E-state index < -0.39 is 10.0 Å². The SMILES string of the molecule is CC1=C(c2ccco2)CN(C(=O)c2cc(Cl)ccc2NS(C)(=O)=O)CC1. The summed E-state index contributed by atoms with van der Waals surface area (Å²) in [6.07, 6.45) is 3.36. The van der Waals surface area contributed by atoms with Crippen LogP contribution in [0.5, 0.6) is 0 Å². The lowest BCUT2D eigenvalue weighted by Gasteiger charge is -2.30. The van der Waals surface area contributed by atoms with Crippen molar-refractivity contribution >= 4 is 38.8 Å². The largest absolute Gasteiger partial charge is 0.465 e. The Labute approximate surface area is 157 Å². The molecule has 0 aliphatic carbocycles. The molecule has 2 aromatic rings. The zero-order valence-corrected chi connectivity index (χ0v) is 16.0. The molecule has 0 saturated carbocycles. The van der Waals surface area contributed by atoms with Crippen molar-refractivity contribution < 1.29 is 17.6 Å². The van der Waals surface area contributed by atoms with Crippen molar-refractivity contribution in [1.29, 1.82) is 0 Å². The van der Waals surface area contributed by atoms with Crippen LogP contribution in [0.15, 0.2) is 46.6 Å². The number of anilines is 1. The van der Waals surface area contributed by atoms with Crippen molar-refractivity contribution in [3.05, 3.63) is 58.5 Å². The molecule has 0 atom stereocenters. The van der Waals surface area contributed by atoms with Gasteiger partial charge in [-0.15, -0.1) is 0 Å². The Hall–Kier alpha value is -2.25. The first-order chi connectivity index (χ1) is 12.2. The lowest BCUT2D eigenvalue weighted by molar-refractivity contribution is 0.0773. The Morgan fingerprint density at radius 3 is 2.73 bits per heavy atom. The van der Waals surface area contributed by atoms with E-state index in [2.05, 4.69) is 4.72 Å². The summed E-state index contributed by atoms with van der Waals surface area (Å²) in [7, 11) is -3.52. The Morgan fingerprint density at radius 2 is 2.08 bits per heavy atom. The fourth-order valence-electron chi connectivity index (χ4n) is 2.92. The number of furan rings is 1. The first-order valence-electron chi connectivity index (χ1n) is 8.04. The highest BCUT2D eigenvalue weighted by Crippen LogP contribution is 2.29. The lowest BCUT2D eigenvalue weighted by atomic mass is 9.98. The van der Waals surface area contributed by atoms with Crippen LogP contribution in [-0.2, 0) is 10.0 Å². The summed E-state index contributed by atoms with van der Waals surface area (Å²) in [4.78, 5) is 14.7. The summed E-state index contributed by atoms with van der Waals surface area (Å²) in [6, 6.07) is 8.19. The van der Waals surface area contributed by atoms with Gasteiger partial charge in [0.05, 0.1) is 23.8 Å². The standard InChI is InChI=1S/C18H19ClN2O4S/c1-12-7-8-21(11-15(12)17-4-3-9-25-17)18(22)14-10-13(19)5-6-16(14)20-26(2,23)24/h3-6,9-10,20H,7-8,11H2,1-2H3. The molecule has 0 radical (unpaired) electrons. The Bertz CT molecular complexity index is 965. The summed E-state index contributed by atoms with van der Waals surface area (Å²) < 4.78 is 31.1. The number of amides is 1. The number of hydrogen-bond acceptors (Lipinski definition) is 4. The van der Waals surface area contributed by atoms with Gasteiger partial charge < -0.3 is 9.32 Å². The minimum atomic E-state index is -3.52. The summed E-state index contributed by atoms with van der Waals surface area (Å²) >= 11 is 6.03. The molecule has 0 bridgehead atoms. The number of nitrogens with zero attached hydrogens (tertiary/aromatic N) is 1. The molecule has 1 aliphatic heterocycles. The molecule has 0 saturated heterocycles. The Balaban J connectivity index is 1.92. The van der Waals surface area contributed by atoms with E-state index in [1.54, 1.807) is 17.2 Å². The van der Waals surface area contributed by atoms with E-state index in [0.29, 0.717) is 18.1 Å². The van der Waals surface area contributed by atoms with Crippen LogP contribution in [0.1, 0.15) is 29.5 Å². The first kappa shape index (κ1) is 18.5. The minimum Gasteiger partial charge on any atom is -0.465 e. The summed E-state index contributed by atoms with van der Waals surface area (Å²) in [6.45, 7) is 2.96. The average Bonchev–Trinajstić information content (AvgIpc) is 3.09. The van der Waals surface area contributed by atoms with Gasteiger partial charge in [0.2, 0.25) is 10.0 Å². The third-order valence-electron chi connectivity index (χ3n) is 4.23. The second kappa shape index (κ2) is 7.17. The number of halogens is 1. The van der Waals surface area contributed by atoms with Crippen molar-refractivity contribution in [2.45, 2.75) is 13.3 Å². The van der Waals surface area contributed by atoms with Crippen LogP contribution < -0.4 is 4.72 Å². The van der Waals surface area contributed by atoms with E-state index in [-0.39, 0.29) is 17.2 Å². The van der Waals surface area contributed by atoms with Crippen LogP contribution in [-0.4, -0.2) is 38.6 Å². The van der Waals surface area contributed by atoms with Gasteiger partial charge in [-0.3, -0.25) is 9.52 Å². The molecule has 1 aliphatic rings. The maximum absolute atomic E-state index is 13.1. The molecule has 8 heteroatoms. The molecule has 26 heavy (non-hydrogen) atoms. The van der Waals surface area contributed by atoms with E-state index >= 15 is 0 Å². The van der Waals surface area contributed by atoms with Gasteiger partial charge in [-0.1, -0.05) is 17.2 Å². The number of hydrogen-bond donors (Lipinski definition) is 1. The molecule has 1 N–H and O–H groups in total. The van der Waals surface area contributed by atoms with Gasteiger partial charge in [-0.2, -0.15) is 0 Å². The van der Waals surface area contributed by atoms with Crippen LogP contribution in [0.4, 0.5) is 5.69 Å². The molecular weight excluding hydrogens is 376 g/mol. The van der Waals surface area contributed by atoms with E-state index in [4.69, 9.17) is 16.0 Å². The fourth-order valence-corrected chi connectivity index (χ4v) is 3.67. The maximum Gasteiger partial charge on any atom is 0.256 e. The predicted molar refractivity (Wildman–Crippen MR) is 102 cm³/mol. The highest BCUT2D eigenvalue weighted by atomic mass is 35.5. The smallest absolute Gasteiger partial charge is 0.256 e. The minimum absolute atomic E-state index is 0.215. The summed E-state index contributed by atoms with van der Waals surface area (Å²) in [5.74, 6) is 0.454. The summed E-state index contributed by atoms with van der Waals surface area (Å²) in [5.41, 5.74) is 2.58. The van der Waals surface area contributed by atoms with Crippen molar-refractivity contribution in [2.75, 3.05) is 24.1 Å². The molecule has 0 unspecified atom stereocenters. The number of rotatable bonds is 4. The van der Waals surface area contributed by atoms with Crippen LogP contribution in [0.25, 0.3) is 5.57 Å². The average molecular weight is 395 g/mol. The van der Waals surface area contributed by atoms with Crippen LogP contribution in [0, 0.1) is 0 Å². The predicted octanol–water partition coefficient (Wildman–Crippen LogP) is 3.62. The van der Waals surface area contributed by atoms with Gasteiger partial charge in [-0.05, 0) is 43.7 Å². The number of carbonyl (C=O) groups is 1. The van der Waals surface area contributed by atoms with Crippen molar-refractivity contribution in [3.63, 3.8) is 0 Å². The molecule has 2 heterocycles. The van der Waals surface area contributed by atoms with E-state index in [0.717, 1.165) is 24.0 Å². The monoisotopic (exact) mass is 394 g/mol. The van der Waals surface area contributed by atoms with Gasteiger partial charge in [0.25, 0.3) is 5.91 Å². The van der Waals surface area contributed by atoms with Gasteiger partial charge in [0.1, 0.15) is 5.76 Å². The van der Waals surface area contributed by atoms with E-state index in [1.165, 1.54) is 17.7 Å². The second-order valence-electron chi connectivity index (χ2n) is 6.28. The van der Waals surface area contributed by atoms with Crippen molar-refractivity contribution in [2.24, 2.45) is 0 Å². The van der Waals surface area contributed by atoms with Gasteiger partial charge in [0, 0.05) is 23.7 Å².